The lowest BCUT2D eigenvalue weighted by Crippen LogP contribution is -2.21. The van der Waals surface area contributed by atoms with E-state index in [1.165, 1.54) is 26.5 Å². The molecular weight excluding hydrogens is 233 g/mol. The Morgan fingerprint density at radius 3 is 2.62 bits per heavy atom. The van der Waals surface area contributed by atoms with E-state index in [1.54, 1.807) is 6.07 Å². The molecule has 0 aliphatic heterocycles. The van der Waals surface area contributed by atoms with Gasteiger partial charge < -0.3 is 14.3 Å². The van der Waals surface area contributed by atoms with E-state index in [9.17, 15) is 9.36 Å². The minimum atomic E-state index is -3.11. The molecule has 90 valence electrons. The average Bonchev–Trinajstić information content (AvgIpc) is 2.31. The van der Waals surface area contributed by atoms with Crippen LogP contribution in [0.2, 0.25) is 0 Å². The molecule has 0 saturated heterocycles. The number of pyridine rings is 1. The van der Waals surface area contributed by atoms with Crippen LogP contribution in [-0.4, -0.2) is 30.3 Å². The molecule has 1 aromatic heterocycles. The first-order valence-corrected chi connectivity index (χ1v) is 6.35. The molecule has 0 bridgehead atoms. The molecule has 7 heteroatoms. The number of nitrogens with zero attached hydrogens (tertiary/aromatic N) is 1. The van der Waals surface area contributed by atoms with Crippen molar-refractivity contribution in [2.45, 2.75) is 6.42 Å². The molecule has 1 aromatic rings. The Labute approximate surface area is 92.9 Å². The Balaban J connectivity index is 2.79. The number of hydrogen-bond acceptors (Lipinski definition) is 5. The second kappa shape index (κ2) is 5.30. The van der Waals surface area contributed by atoms with Gasteiger partial charge in [-0.2, -0.15) is 4.73 Å². The first-order valence-electron chi connectivity index (χ1n) is 4.63. The summed E-state index contributed by atoms with van der Waals surface area (Å²) in [5.41, 5.74) is -0.166. The van der Waals surface area contributed by atoms with Gasteiger partial charge in [-0.3, -0.25) is 9.36 Å². The van der Waals surface area contributed by atoms with Gasteiger partial charge in [0.25, 0.3) is 5.56 Å². The zero-order valence-corrected chi connectivity index (χ0v) is 10.0. The van der Waals surface area contributed by atoms with Gasteiger partial charge in [-0.15, -0.1) is 0 Å². The third kappa shape index (κ3) is 2.95. The van der Waals surface area contributed by atoms with Crippen LogP contribution in [0.4, 0.5) is 0 Å². The number of aryl methyl sites for hydroxylation is 1. The van der Waals surface area contributed by atoms with Crippen molar-refractivity contribution in [3.05, 3.63) is 34.2 Å². The first-order chi connectivity index (χ1) is 7.52. The molecule has 6 nitrogen and oxygen atoms in total. The Hall–Kier alpha value is -1.10. The van der Waals surface area contributed by atoms with Gasteiger partial charge in [-0.05, 0) is 12.5 Å². The summed E-state index contributed by atoms with van der Waals surface area (Å²) < 4.78 is 21.7. The van der Waals surface area contributed by atoms with Gasteiger partial charge in [-0.25, -0.2) is 0 Å². The fourth-order valence-corrected chi connectivity index (χ4v) is 2.26. The van der Waals surface area contributed by atoms with E-state index in [0.717, 1.165) is 0 Å². The molecule has 1 heterocycles. The third-order valence-corrected chi connectivity index (χ3v) is 4.10. The van der Waals surface area contributed by atoms with Gasteiger partial charge in [0.1, 0.15) is 0 Å². The molecule has 0 radical (unpaired) electrons. The van der Waals surface area contributed by atoms with E-state index in [-0.39, 0.29) is 12.6 Å². The summed E-state index contributed by atoms with van der Waals surface area (Å²) >= 11 is 0. The highest BCUT2D eigenvalue weighted by atomic mass is 31.2. The molecule has 0 saturated carbocycles. The quantitative estimate of drug-likeness (QED) is 0.623. The summed E-state index contributed by atoms with van der Waals surface area (Å²) in [6, 6.07) is 3.09. The Kier molecular flexibility index (Phi) is 4.29. The summed E-state index contributed by atoms with van der Waals surface area (Å²) in [6.45, 7) is 0. The molecule has 16 heavy (non-hydrogen) atoms. The second-order valence-electron chi connectivity index (χ2n) is 3.13. The molecule has 0 spiro atoms. The van der Waals surface area contributed by atoms with Crippen molar-refractivity contribution in [3.63, 3.8) is 0 Å². The van der Waals surface area contributed by atoms with Crippen molar-refractivity contribution in [1.82, 2.24) is 4.73 Å². The van der Waals surface area contributed by atoms with Gasteiger partial charge in [0.15, 0.2) is 0 Å². The molecule has 0 aromatic carbocycles. The summed E-state index contributed by atoms with van der Waals surface area (Å²) in [5.74, 6) is 0. The lowest BCUT2D eigenvalue weighted by molar-refractivity contribution is 0.173. The lowest BCUT2D eigenvalue weighted by Gasteiger charge is -2.12. The number of rotatable bonds is 5. The van der Waals surface area contributed by atoms with Gasteiger partial charge in [0.05, 0.1) is 6.16 Å². The van der Waals surface area contributed by atoms with Gasteiger partial charge in [-0.1, -0.05) is 6.07 Å². The van der Waals surface area contributed by atoms with Crippen LogP contribution in [0.25, 0.3) is 0 Å². The molecule has 1 N–H and O–H groups in total. The summed E-state index contributed by atoms with van der Waals surface area (Å²) in [4.78, 5) is 11.4. The zero-order valence-electron chi connectivity index (χ0n) is 9.12. The van der Waals surface area contributed by atoms with Crippen molar-refractivity contribution in [1.29, 1.82) is 0 Å². The largest absolute Gasteiger partial charge is 0.425 e. The SMILES string of the molecule is COP(=O)(CCc1cccn(O)c1=O)OC. The Morgan fingerprint density at radius 1 is 1.44 bits per heavy atom. The Morgan fingerprint density at radius 2 is 2.06 bits per heavy atom. The van der Waals surface area contributed by atoms with Crippen LogP contribution in [0.3, 0.4) is 0 Å². The highest BCUT2D eigenvalue weighted by Crippen LogP contribution is 2.46. The fraction of sp³-hybridized carbons (Fsp3) is 0.444. The topological polar surface area (TPSA) is 77.8 Å². The van der Waals surface area contributed by atoms with Crippen LogP contribution >= 0.6 is 7.60 Å². The second-order valence-corrected chi connectivity index (χ2v) is 5.53. The van der Waals surface area contributed by atoms with Crippen LogP contribution in [0.1, 0.15) is 5.56 Å². The molecule has 0 amide bonds. The van der Waals surface area contributed by atoms with E-state index in [0.29, 0.717) is 10.3 Å². The predicted molar refractivity (Wildman–Crippen MR) is 58.1 cm³/mol. The van der Waals surface area contributed by atoms with E-state index >= 15 is 0 Å². The minimum absolute atomic E-state index is 0.0965. The standard InChI is InChI=1S/C9H14NO5P/c1-14-16(13,15-2)7-5-8-4-3-6-10(12)9(8)11/h3-4,6,12H,5,7H2,1-2H3. The summed E-state index contributed by atoms with van der Waals surface area (Å²) in [5, 5.41) is 9.12. The van der Waals surface area contributed by atoms with E-state index < -0.39 is 13.2 Å². The molecule has 0 aliphatic rings. The Bertz CT molecular complexity index is 447. The maximum Gasteiger partial charge on any atom is 0.330 e. The summed E-state index contributed by atoms with van der Waals surface area (Å²) in [6.07, 6.45) is 1.55. The van der Waals surface area contributed by atoms with E-state index in [1.807, 2.05) is 0 Å². The van der Waals surface area contributed by atoms with Gasteiger partial charge in [0, 0.05) is 26.0 Å². The van der Waals surface area contributed by atoms with Crippen LogP contribution in [0, 0.1) is 0 Å². The predicted octanol–water partition coefficient (Wildman–Crippen LogP) is 1.11. The normalized spacial score (nSPS) is 11.6. The van der Waals surface area contributed by atoms with Gasteiger partial charge >= 0.3 is 7.60 Å². The average molecular weight is 247 g/mol. The minimum Gasteiger partial charge on any atom is -0.425 e. The highest BCUT2D eigenvalue weighted by molar-refractivity contribution is 7.53. The smallest absolute Gasteiger partial charge is 0.330 e. The van der Waals surface area contributed by atoms with Crippen molar-refractivity contribution >= 4 is 7.60 Å². The molecule has 1 rings (SSSR count). The molecule has 0 aliphatic carbocycles. The third-order valence-electron chi connectivity index (χ3n) is 2.22. The molecule has 0 atom stereocenters. The number of hydrogen-bond donors (Lipinski definition) is 1. The van der Waals surface area contributed by atoms with E-state index in [2.05, 4.69) is 0 Å². The molecule has 0 fully saturated rings. The molecule has 0 unspecified atom stereocenters. The zero-order chi connectivity index (χ0) is 12.2. The van der Waals surface area contributed by atoms with Crippen LogP contribution in [0.5, 0.6) is 0 Å². The van der Waals surface area contributed by atoms with Crippen LogP contribution < -0.4 is 5.56 Å². The number of aromatic nitrogens is 1. The van der Waals surface area contributed by atoms with E-state index in [4.69, 9.17) is 14.3 Å². The monoisotopic (exact) mass is 247 g/mol. The first kappa shape index (κ1) is 13.0. The summed E-state index contributed by atoms with van der Waals surface area (Å²) in [7, 11) is -0.529. The van der Waals surface area contributed by atoms with Gasteiger partial charge in [0.2, 0.25) is 0 Å². The van der Waals surface area contributed by atoms with Crippen LogP contribution in [-0.2, 0) is 20.0 Å². The molecular formula is C9H14NO5P. The van der Waals surface area contributed by atoms with Crippen molar-refractivity contribution in [2.75, 3.05) is 20.4 Å². The maximum atomic E-state index is 11.7. The van der Waals surface area contributed by atoms with Crippen molar-refractivity contribution < 1.29 is 18.8 Å². The van der Waals surface area contributed by atoms with Crippen LogP contribution in [0.15, 0.2) is 23.1 Å². The lowest BCUT2D eigenvalue weighted by atomic mass is 10.2. The fourth-order valence-electron chi connectivity index (χ4n) is 1.23. The maximum absolute atomic E-state index is 11.7. The van der Waals surface area contributed by atoms with Crippen molar-refractivity contribution in [3.8, 4) is 0 Å². The highest BCUT2D eigenvalue weighted by Gasteiger charge is 2.21. The van der Waals surface area contributed by atoms with Crippen molar-refractivity contribution in [2.24, 2.45) is 0 Å².